The van der Waals surface area contributed by atoms with E-state index in [9.17, 15) is 0 Å². The van der Waals surface area contributed by atoms with Crippen molar-refractivity contribution >= 4 is 17.1 Å². The van der Waals surface area contributed by atoms with Crippen LogP contribution in [-0.4, -0.2) is 5.92 Å². The summed E-state index contributed by atoms with van der Waals surface area (Å²) in [4.78, 5) is 2.21. The van der Waals surface area contributed by atoms with E-state index in [1.165, 1.54) is 0 Å². The summed E-state index contributed by atoms with van der Waals surface area (Å²) in [6.07, 6.45) is 0. The molecule has 0 atom stereocenters. The van der Waals surface area contributed by atoms with Gasteiger partial charge in [0.1, 0.15) is 0 Å². The van der Waals surface area contributed by atoms with Crippen LogP contribution in [0, 0.1) is 0 Å². The van der Waals surface area contributed by atoms with Crippen molar-refractivity contribution in [2.75, 3.05) is 4.90 Å². The first-order chi connectivity index (χ1) is 16.1. The minimum atomic E-state index is -2.83. The normalized spacial score (nSPS) is 17.2. The number of halogens is 2. The van der Waals surface area contributed by atoms with Crippen molar-refractivity contribution in [3.05, 3.63) is 114 Å². The van der Waals surface area contributed by atoms with Gasteiger partial charge in [-0.25, -0.2) is 8.78 Å². The largest absolute Gasteiger partial charge is 0.310 e. The molecule has 0 saturated heterocycles. The van der Waals surface area contributed by atoms with Crippen LogP contribution in [-0.2, 0) is 10.8 Å². The fourth-order valence-electron chi connectivity index (χ4n) is 5.33. The zero-order valence-corrected chi connectivity index (χ0v) is 20.0. The van der Waals surface area contributed by atoms with E-state index in [1.807, 2.05) is 66.7 Å². The Bertz CT molecular complexity index is 1280. The van der Waals surface area contributed by atoms with Crippen LogP contribution in [0.15, 0.2) is 103 Å². The quantitative estimate of drug-likeness (QED) is 0.298. The highest BCUT2D eigenvalue weighted by molar-refractivity contribution is 5.80. The van der Waals surface area contributed by atoms with Crippen molar-refractivity contribution < 1.29 is 8.78 Å². The fourth-order valence-corrected chi connectivity index (χ4v) is 5.33. The molecule has 5 rings (SSSR count). The molecule has 0 saturated carbocycles. The molecular formula is C31H29F2N. The molecule has 1 aliphatic carbocycles. The number of nitrogens with zero attached hydrogens (tertiary/aromatic N) is 1. The first-order valence-electron chi connectivity index (χ1n) is 11.7. The lowest BCUT2D eigenvalue weighted by molar-refractivity contribution is -0.105. The van der Waals surface area contributed by atoms with E-state index in [0.717, 1.165) is 39.3 Å². The Kier molecular flexibility index (Phi) is 5.12. The summed E-state index contributed by atoms with van der Waals surface area (Å²) in [6.45, 7) is 6.62. The predicted octanol–water partition coefficient (Wildman–Crippen LogP) is 9.03. The lowest BCUT2D eigenvalue weighted by atomic mass is 9.77. The molecule has 0 radical (unpaired) electrons. The highest BCUT2D eigenvalue weighted by Crippen LogP contribution is 2.59. The summed E-state index contributed by atoms with van der Waals surface area (Å²) in [5.74, 6) is -2.83. The molecule has 3 heteroatoms. The number of hydrogen-bond donors (Lipinski definition) is 0. The lowest BCUT2D eigenvalue weighted by Gasteiger charge is -2.35. The smallest absolute Gasteiger partial charge is 0.266 e. The van der Waals surface area contributed by atoms with Gasteiger partial charge in [-0.3, -0.25) is 0 Å². The van der Waals surface area contributed by atoms with Crippen molar-refractivity contribution in [2.45, 2.75) is 44.4 Å². The Labute approximate surface area is 200 Å². The Morgan fingerprint density at radius 3 is 1.59 bits per heavy atom. The van der Waals surface area contributed by atoms with Crippen LogP contribution < -0.4 is 4.90 Å². The van der Waals surface area contributed by atoms with Gasteiger partial charge in [0.25, 0.3) is 5.92 Å². The Morgan fingerprint density at radius 2 is 1.00 bits per heavy atom. The SMILES string of the molecule is CC1(C)c2ccc(-c3cccc(N(c4ccccc4)c4ccccc4)c3)cc2C(C)(C)C1(F)F. The van der Waals surface area contributed by atoms with Crippen LogP contribution in [0.3, 0.4) is 0 Å². The molecule has 172 valence electrons. The second kappa shape index (κ2) is 7.80. The summed E-state index contributed by atoms with van der Waals surface area (Å²) >= 11 is 0. The number of benzene rings is 4. The first-order valence-corrected chi connectivity index (χ1v) is 11.7. The second-order valence-corrected chi connectivity index (χ2v) is 10.1. The molecule has 4 aromatic carbocycles. The summed E-state index contributed by atoms with van der Waals surface area (Å²) in [5, 5.41) is 0. The Balaban J connectivity index is 1.62. The van der Waals surface area contributed by atoms with Crippen LogP contribution in [0.5, 0.6) is 0 Å². The van der Waals surface area contributed by atoms with Crippen molar-refractivity contribution in [1.82, 2.24) is 0 Å². The molecule has 0 fully saturated rings. The van der Waals surface area contributed by atoms with Gasteiger partial charge in [0, 0.05) is 17.1 Å². The van der Waals surface area contributed by atoms with Gasteiger partial charge >= 0.3 is 0 Å². The van der Waals surface area contributed by atoms with Gasteiger partial charge < -0.3 is 4.90 Å². The molecule has 0 spiro atoms. The molecule has 0 amide bonds. The highest BCUT2D eigenvalue weighted by Gasteiger charge is 2.65. The predicted molar refractivity (Wildman–Crippen MR) is 138 cm³/mol. The average Bonchev–Trinajstić information content (AvgIpc) is 2.95. The number of para-hydroxylation sites is 2. The van der Waals surface area contributed by atoms with E-state index in [4.69, 9.17) is 0 Å². The van der Waals surface area contributed by atoms with Crippen LogP contribution in [0.1, 0.15) is 38.8 Å². The van der Waals surface area contributed by atoms with Crippen molar-refractivity contribution in [3.63, 3.8) is 0 Å². The molecule has 1 aliphatic rings. The van der Waals surface area contributed by atoms with E-state index >= 15 is 8.78 Å². The molecule has 0 heterocycles. The van der Waals surface area contributed by atoms with Gasteiger partial charge in [0.2, 0.25) is 0 Å². The zero-order chi connectivity index (χ0) is 24.1. The number of rotatable bonds is 4. The zero-order valence-electron chi connectivity index (χ0n) is 20.0. The molecule has 34 heavy (non-hydrogen) atoms. The molecule has 1 nitrogen and oxygen atoms in total. The van der Waals surface area contributed by atoms with Crippen LogP contribution >= 0.6 is 0 Å². The maximum Gasteiger partial charge on any atom is 0.266 e. The van der Waals surface area contributed by atoms with E-state index in [0.29, 0.717) is 0 Å². The summed E-state index contributed by atoms with van der Waals surface area (Å²) in [7, 11) is 0. The van der Waals surface area contributed by atoms with Crippen LogP contribution in [0.4, 0.5) is 25.8 Å². The molecule has 0 aliphatic heterocycles. The molecule has 0 aromatic heterocycles. The monoisotopic (exact) mass is 453 g/mol. The fraction of sp³-hybridized carbons (Fsp3) is 0.226. The number of hydrogen-bond acceptors (Lipinski definition) is 1. The van der Waals surface area contributed by atoms with Crippen LogP contribution in [0.2, 0.25) is 0 Å². The minimum absolute atomic E-state index is 0.730. The molecule has 0 N–H and O–H groups in total. The third kappa shape index (κ3) is 3.26. The highest BCUT2D eigenvalue weighted by atomic mass is 19.3. The Hall–Kier alpha value is -3.46. The van der Waals surface area contributed by atoms with Gasteiger partial charge in [0.15, 0.2) is 0 Å². The molecular weight excluding hydrogens is 424 g/mol. The van der Waals surface area contributed by atoms with E-state index in [-0.39, 0.29) is 0 Å². The van der Waals surface area contributed by atoms with E-state index < -0.39 is 16.8 Å². The number of fused-ring (bicyclic) bond motifs is 1. The van der Waals surface area contributed by atoms with Crippen molar-refractivity contribution in [2.24, 2.45) is 0 Å². The van der Waals surface area contributed by atoms with Gasteiger partial charge in [0.05, 0.1) is 10.8 Å². The third-order valence-electron chi connectivity index (χ3n) is 7.40. The maximum absolute atomic E-state index is 15.4. The number of anilines is 3. The Morgan fingerprint density at radius 1 is 0.500 bits per heavy atom. The van der Waals surface area contributed by atoms with Crippen molar-refractivity contribution in [3.8, 4) is 11.1 Å². The van der Waals surface area contributed by atoms with Crippen molar-refractivity contribution in [1.29, 1.82) is 0 Å². The summed E-state index contributed by atoms with van der Waals surface area (Å²) < 4.78 is 30.7. The van der Waals surface area contributed by atoms with Gasteiger partial charge in [-0.1, -0.05) is 66.7 Å². The standard InChI is InChI=1S/C31H29F2N/c1-29(2)27-19-18-23(21-28(27)30(3,4)31(29,32)33)22-12-11-17-26(20-22)34(24-13-7-5-8-14-24)25-15-9-6-10-16-25/h5-21H,1-4H3. The van der Waals surface area contributed by atoms with E-state index in [1.54, 1.807) is 27.7 Å². The first kappa shape index (κ1) is 22.3. The molecule has 4 aromatic rings. The second-order valence-electron chi connectivity index (χ2n) is 10.1. The summed E-state index contributed by atoms with van der Waals surface area (Å²) in [6, 6.07) is 34.6. The average molecular weight is 454 g/mol. The maximum atomic E-state index is 15.4. The minimum Gasteiger partial charge on any atom is -0.310 e. The van der Waals surface area contributed by atoms with Crippen LogP contribution in [0.25, 0.3) is 11.1 Å². The topological polar surface area (TPSA) is 3.24 Å². The lowest BCUT2D eigenvalue weighted by Crippen LogP contribution is -2.46. The van der Waals surface area contributed by atoms with Gasteiger partial charge in [-0.15, -0.1) is 0 Å². The molecule has 0 bridgehead atoms. The number of alkyl halides is 2. The van der Waals surface area contributed by atoms with Gasteiger partial charge in [-0.05, 0) is 86.3 Å². The third-order valence-corrected chi connectivity index (χ3v) is 7.40. The summed E-state index contributed by atoms with van der Waals surface area (Å²) in [5.41, 5.74) is 4.10. The van der Waals surface area contributed by atoms with E-state index in [2.05, 4.69) is 41.3 Å². The van der Waals surface area contributed by atoms with Gasteiger partial charge in [-0.2, -0.15) is 0 Å². The molecule has 0 unspecified atom stereocenters.